The molecule has 11 heteroatoms. The molecule has 1 aliphatic rings. The summed E-state index contributed by atoms with van der Waals surface area (Å²) in [5.41, 5.74) is -0.0684. The van der Waals surface area contributed by atoms with Crippen LogP contribution >= 0.6 is 7.82 Å². The molecular formula is C21H23FNO8P. The first-order chi connectivity index (χ1) is 14.9. The maximum atomic E-state index is 13.2. The summed E-state index contributed by atoms with van der Waals surface area (Å²) in [5.74, 6) is -0.846. The summed E-state index contributed by atoms with van der Waals surface area (Å²) < 4.78 is 40.3. The molecule has 1 heterocycles. The van der Waals surface area contributed by atoms with E-state index in [1.54, 1.807) is 32.0 Å². The van der Waals surface area contributed by atoms with Crippen LogP contribution in [0.3, 0.4) is 0 Å². The normalized spacial score (nSPS) is 19.6. The lowest BCUT2D eigenvalue weighted by Crippen LogP contribution is -2.55. The fourth-order valence-electron chi connectivity index (χ4n) is 3.46. The van der Waals surface area contributed by atoms with Gasteiger partial charge in [-0.15, -0.1) is 0 Å². The van der Waals surface area contributed by atoms with Crippen molar-refractivity contribution in [3.63, 3.8) is 0 Å². The summed E-state index contributed by atoms with van der Waals surface area (Å²) in [7, 11) is -4.80. The number of Topliss-reactive ketones (excluding diaryl/α,β-unsaturated/α-hetero) is 1. The Balaban J connectivity index is 1.99. The van der Waals surface area contributed by atoms with E-state index in [-0.39, 0.29) is 11.3 Å². The molecule has 0 radical (unpaired) electrons. The third kappa shape index (κ3) is 5.59. The molecule has 2 atom stereocenters. The molecule has 0 bridgehead atoms. The van der Waals surface area contributed by atoms with Crippen LogP contribution in [0.15, 0.2) is 42.5 Å². The van der Waals surface area contributed by atoms with Gasteiger partial charge in [-0.1, -0.05) is 0 Å². The molecule has 0 unspecified atom stereocenters. The zero-order valence-corrected chi connectivity index (χ0v) is 18.5. The van der Waals surface area contributed by atoms with Gasteiger partial charge in [-0.05, 0) is 63.2 Å². The topological polar surface area (TPSA) is 131 Å². The average molecular weight is 467 g/mol. The van der Waals surface area contributed by atoms with Crippen molar-refractivity contribution in [3.8, 4) is 5.75 Å². The monoisotopic (exact) mass is 467 g/mol. The first-order valence-corrected chi connectivity index (χ1v) is 11.1. The van der Waals surface area contributed by atoms with E-state index in [1.807, 2.05) is 0 Å². The van der Waals surface area contributed by atoms with Gasteiger partial charge in [0, 0.05) is 16.7 Å². The van der Waals surface area contributed by atoms with Gasteiger partial charge in [-0.3, -0.25) is 14.1 Å². The number of carbonyl (C=O) groups excluding carboxylic acids is 2. The molecule has 1 aliphatic heterocycles. The third-order valence-corrected chi connectivity index (χ3v) is 5.42. The van der Waals surface area contributed by atoms with Crippen molar-refractivity contribution in [2.45, 2.75) is 38.5 Å². The van der Waals surface area contributed by atoms with Crippen molar-refractivity contribution >= 4 is 19.5 Å². The summed E-state index contributed by atoms with van der Waals surface area (Å²) in [6, 6.07) is 8.79. The average Bonchev–Trinajstić information content (AvgIpc) is 2.68. The minimum absolute atomic E-state index is 0.185. The lowest BCUT2D eigenvalue weighted by molar-refractivity contribution is -0.141. The predicted molar refractivity (Wildman–Crippen MR) is 111 cm³/mol. The molecule has 2 aromatic carbocycles. The maximum absolute atomic E-state index is 13.2. The van der Waals surface area contributed by atoms with Crippen molar-refractivity contribution < 1.29 is 42.3 Å². The number of halogens is 1. The molecule has 9 nitrogen and oxygen atoms in total. The zero-order valence-electron chi connectivity index (χ0n) is 17.6. The number of hydrogen-bond acceptors (Lipinski definition) is 6. The second-order valence-corrected chi connectivity index (χ2v) is 9.04. The molecule has 3 N–H and O–H groups in total. The van der Waals surface area contributed by atoms with Crippen molar-refractivity contribution in [1.82, 2.24) is 5.32 Å². The number of nitrogens with one attached hydrogen (secondary N) is 1. The van der Waals surface area contributed by atoms with Gasteiger partial charge in [-0.25, -0.2) is 8.96 Å². The van der Waals surface area contributed by atoms with E-state index >= 15 is 0 Å². The number of benzene rings is 2. The molecule has 0 saturated heterocycles. The Kier molecular flexibility index (Phi) is 6.83. The molecule has 0 aromatic heterocycles. The fraction of sp³-hybridized carbons (Fsp3) is 0.333. The lowest BCUT2D eigenvalue weighted by Gasteiger charge is -2.44. The Morgan fingerprint density at radius 1 is 1.16 bits per heavy atom. The van der Waals surface area contributed by atoms with Crippen molar-refractivity contribution in [1.29, 1.82) is 0 Å². The van der Waals surface area contributed by atoms with Gasteiger partial charge in [0.1, 0.15) is 23.3 Å². The number of rotatable bonds is 7. The molecule has 3 rings (SSSR count). The van der Waals surface area contributed by atoms with Gasteiger partial charge >= 0.3 is 7.82 Å². The number of ether oxygens (including phenoxy) is 2. The van der Waals surface area contributed by atoms with E-state index in [2.05, 4.69) is 9.84 Å². The van der Waals surface area contributed by atoms with Crippen LogP contribution in [0.1, 0.15) is 53.1 Å². The summed E-state index contributed by atoms with van der Waals surface area (Å²) >= 11 is 0. The first kappa shape index (κ1) is 24.0. The number of phosphoric ester groups is 1. The van der Waals surface area contributed by atoms with Crippen LogP contribution in [0.2, 0.25) is 0 Å². The van der Waals surface area contributed by atoms with Crippen LogP contribution in [-0.4, -0.2) is 40.0 Å². The highest BCUT2D eigenvalue weighted by atomic mass is 31.2. The summed E-state index contributed by atoms with van der Waals surface area (Å²) in [5, 5.41) is 2.80. The molecule has 172 valence electrons. The minimum Gasteiger partial charge on any atom is -0.485 e. The largest absolute Gasteiger partial charge is 0.485 e. The van der Waals surface area contributed by atoms with Gasteiger partial charge < -0.3 is 24.6 Å². The van der Waals surface area contributed by atoms with E-state index < -0.39 is 44.1 Å². The first-order valence-electron chi connectivity index (χ1n) is 9.59. The van der Waals surface area contributed by atoms with E-state index in [1.165, 1.54) is 19.1 Å². The number of phosphoric acid groups is 1. The highest BCUT2D eigenvalue weighted by Gasteiger charge is 2.46. The smallest absolute Gasteiger partial charge is 0.471 e. The highest BCUT2D eigenvalue weighted by Crippen LogP contribution is 2.43. The predicted octanol–water partition coefficient (Wildman–Crippen LogP) is 3.12. The molecular weight excluding hydrogens is 444 g/mol. The Hall–Kier alpha value is -2.62. The molecule has 0 fully saturated rings. The van der Waals surface area contributed by atoms with Gasteiger partial charge in [0.25, 0.3) is 5.91 Å². The fourth-order valence-corrected chi connectivity index (χ4v) is 3.66. The lowest BCUT2D eigenvalue weighted by atomic mass is 9.85. The van der Waals surface area contributed by atoms with E-state index in [4.69, 9.17) is 19.3 Å². The third-order valence-electron chi connectivity index (χ3n) is 4.97. The van der Waals surface area contributed by atoms with Crippen LogP contribution < -0.4 is 10.1 Å². The molecule has 0 spiro atoms. The van der Waals surface area contributed by atoms with Crippen LogP contribution in [-0.2, 0) is 13.8 Å². The Labute approximate surface area is 183 Å². The summed E-state index contributed by atoms with van der Waals surface area (Å²) in [6.07, 6.45) is -0.965. The Morgan fingerprint density at radius 3 is 2.38 bits per heavy atom. The second kappa shape index (κ2) is 9.09. The molecule has 32 heavy (non-hydrogen) atoms. The quantitative estimate of drug-likeness (QED) is 0.322. The van der Waals surface area contributed by atoms with Crippen LogP contribution in [0.4, 0.5) is 4.39 Å². The zero-order chi connectivity index (χ0) is 23.7. The summed E-state index contributed by atoms with van der Waals surface area (Å²) in [4.78, 5) is 42.7. The number of hydrogen-bond donors (Lipinski definition) is 3. The standard InChI is InChI=1S/C21H23FNO8P/c1-12(24)14-6-9-17-16(10-14)18(23-20(25)13-4-7-15(22)8-5-13)19(21(2,3)31-17)29-11-30-32(26,27)28/h4-10,18-19H,11H2,1-3H3,(H,23,25)(H2,26,27,28)/t18-,19-/m1/s1. The van der Waals surface area contributed by atoms with Crippen molar-refractivity contribution in [2.24, 2.45) is 0 Å². The van der Waals surface area contributed by atoms with Gasteiger partial charge in [0.15, 0.2) is 12.6 Å². The summed E-state index contributed by atoms with van der Waals surface area (Å²) in [6.45, 7) is 3.97. The van der Waals surface area contributed by atoms with Crippen LogP contribution in [0.25, 0.3) is 0 Å². The van der Waals surface area contributed by atoms with E-state index in [0.29, 0.717) is 16.9 Å². The Bertz CT molecular complexity index is 1070. The van der Waals surface area contributed by atoms with Gasteiger partial charge in [0.2, 0.25) is 0 Å². The van der Waals surface area contributed by atoms with E-state index in [9.17, 15) is 18.5 Å². The molecule has 0 saturated carbocycles. The molecule has 1 amide bonds. The van der Waals surface area contributed by atoms with E-state index in [0.717, 1.165) is 12.1 Å². The number of amides is 1. The van der Waals surface area contributed by atoms with Crippen LogP contribution in [0.5, 0.6) is 5.75 Å². The number of fused-ring (bicyclic) bond motifs is 1. The Morgan fingerprint density at radius 2 is 1.78 bits per heavy atom. The highest BCUT2D eigenvalue weighted by molar-refractivity contribution is 7.46. The second-order valence-electron chi connectivity index (χ2n) is 7.80. The van der Waals surface area contributed by atoms with Crippen molar-refractivity contribution in [2.75, 3.05) is 6.79 Å². The molecule has 2 aromatic rings. The SMILES string of the molecule is CC(=O)c1ccc2c(c1)[C@@H](NC(=O)c1ccc(F)cc1)[C@@H](OCOP(=O)(O)O)C(C)(C)O2. The number of ketones is 1. The maximum Gasteiger partial charge on any atom is 0.471 e. The van der Waals surface area contributed by atoms with Crippen LogP contribution in [0, 0.1) is 5.82 Å². The minimum atomic E-state index is -4.80. The molecule has 0 aliphatic carbocycles. The number of carbonyl (C=O) groups is 2. The van der Waals surface area contributed by atoms with Gasteiger partial charge in [-0.2, -0.15) is 0 Å². The van der Waals surface area contributed by atoms with Crippen molar-refractivity contribution in [3.05, 3.63) is 65.0 Å². The van der Waals surface area contributed by atoms with Gasteiger partial charge in [0.05, 0.1) is 6.04 Å².